The van der Waals surface area contributed by atoms with E-state index in [1.165, 1.54) is 6.07 Å². The number of hydrogen-bond donors (Lipinski definition) is 1. The molecule has 0 amide bonds. The summed E-state index contributed by atoms with van der Waals surface area (Å²) in [6.07, 6.45) is 1.13. The molecule has 1 aliphatic heterocycles. The van der Waals surface area contributed by atoms with Crippen LogP contribution in [0.2, 0.25) is 0 Å². The molecule has 4 heteroatoms. The van der Waals surface area contributed by atoms with Crippen molar-refractivity contribution in [1.29, 1.82) is 0 Å². The Morgan fingerprint density at radius 1 is 1.41 bits per heavy atom. The van der Waals surface area contributed by atoms with E-state index in [0.29, 0.717) is 18.3 Å². The summed E-state index contributed by atoms with van der Waals surface area (Å²) in [4.78, 5) is 0. The quantitative estimate of drug-likeness (QED) is 0.768. The van der Waals surface area contributed by atoms with E-state index in [1.54, 1.807) is 18.2 Å². The van der Waals surface area contributed by atoms with E-state index in [1.807, 2.05) is 0 Å². The van der Waals surface area contributed by atoms with Crippen LogP contribution in [0.5, 0.6) is 5.75 Å². The van der Waals surface area contributed by atoms with Crippen molar-refractivity contribution in [1.82, 2.24) is 5.32 Å². The highest BCUT2D eigenvalue weighted by Crippen LogP contribution is 2.14. The Balaban J connectivity index is 1.58. The van der Waals surface area contributed by atoms with Gasteiger partial charge in [0.2, 0.25) is 0 Å². The third-order valence-electron chi connectivity index (χ3n) is 2.83. The predicted octanol–water partition coefficient (Wildman–Crippen LogP) is 1.83. The third kappa shape index (κ3) is 3.98. The third-order valence-corrected chi connectivity index (χ3v) is 2.83. The van der Waals surface area contributed by atoms with Crippen LogP contribution in [0, 0.1) is 11.7 Å². The molecular formula is C13H18FNO2. The fourth-order valence-corrected chi connectivity index (χ4v) is 1.85. The van der Waals surface area contributed by atoms with Crippen molar-refractivity contribution in [3.8, 4) is 5.75 Å². The van der Waals surface area contributed by atoms with Crippen molar-refractivity contribution in [3.63, 3.8) is 0 Å². The molecule has 2 rings (SSSR count). The minimum Gasteiger partial charge on any atom is -0.489 e. The van der Waals surface area contributed by atoms with Gasteiger partial charge in [0.15, 0.2) is 11.6 Å². The van der Waals surface area contributed by atoms with Crippen molar-refractivity contribution in [2.45, 2.75) is 6.42 Å². The van der Waals surface area contributed by atoms with Crippen LogP contribution in [0.1, 0.15) is 6.42 Å². The standard InChI is InChI=1S/C13H18FNO2/c14-12-3-1-2-4-13(12)17-8-6-15-9-11-5-7-16-10-11/h1-4,11,15H,5-10H2. The molecular weight excluding hydrogens is 221 g/mol. The second-order valence-corrected chi connectivity index (χ2v) is 4.21. The van der Waals surface area contributed by atoms with Crippen molar-refractivity contribution >= 4 is 0 Å². The molecule has 1 fully saturated rings. The molecule has 0 saturated carbocycles. The molecule has 1 atom stereocenters. The Bertz CT molecular complexity index is 340. The first-order valence-electron chi connectivity index (χ1n) is 6.02. The number of hydrogen-bond acceptors (Lipinski definition) is 3. The molecule has 0 bridgehead atoms. The fourth-order valence-electron chi connectivity index (χ4n) is 1.85. The van der Waals surface area contributed by atoms with Crippen molar-refractivity contribution in [2.75, 3.05) is 32.9 Å². The molecule has 94 valence electrons. The van der Waals surface area contributed by atoms with Gasteiger partial charge in [0.1, 0.15) is 6.61 Å². The van der Waals surface area contributed by atoms with Crippen LogP contribution in [-0.2, 0) is 4.74 Å². The zero-order valence-electron chi connectivity index (χ0n) is 9.82. The second-order valence-electron chi connectivity index (χ2n) is 4.21. The topological polar surface area (TPSA) is 30.5 Å². The van der Waals surface area contributed by atoms with Gasteiger partial charge >= 0.3 is 0 Å². The Kier molecular flexibility index (Phi) is 4.76. The van der Waals surface area contributed by atoms with Gasteiger partial charge in [-0.1, -0.05) is 12.1 Å². The molecule has 3 nitrogen and oxygen atoms in total. The molecule has 1 aromatic rings. The lowest BCUT2D eigenvalue weighted by atomic mass is 10.1. The van der Waals surface area contributed by atoms with Crippen LogP contribution in [0.15, 0.2) is 24.3 Å². The zero-order valence-corrected chi connectivity index (χ0v) is 9.82. The summed E-state index contributed by atoms with van der Waals surface area (Å²) >= 11 is 0. The van der Waals surface area contributed by atoms with Crippen LogP contribution in [0.3, 0.4) is 0 Å². The summed E-state index contributed by atoms with van der Waals surface area (Å²) in [5, 5.41) is 3.29. The highest BCUT2D eigenvalue weighted by Gasteiger charge is 2.14. The van der Waals surface area contributed by atoms with E-state index in [9.17, 15) is 4.39 Å². The molecule has 1 aliphatic rings. The highest BCUT2D eigenvalue weighted by atomic mass is 19.1. The molecule has 1 N–H and O–H groups in total. The zero-order chi connectivity index (χ0) is 11.9. The predicted molar refractivity (Wildman–Crippen MR) is 63.7 cm³/mol. The molecule has 1 saturated heterocycles. The van der Waals surface area contributed by atoms with E-state index < -0.39 is 0 Å². The first-order chi connectivity index (χ1) is 8.36. The Morgan fingerprint density at radius 2 is 2.29 bits per heavy atom. The summed E-state index contributed by atoms with van der Waals surface area (Å²) in [5.74, 6) is 0.624. The molecule has 1 unspecified atom stereocenters. The smallest absolute Gasteiger partial charge is 0.165 e. The van der Waals surface area contributed by atoms with Crippen LogP contribution in [0.4, 0.5) is 4.39 Å². The van der Waals surface area contributed by atoms with E-state index >= 15 is 0 Å². The first-order valence-corrected chi connectivity index (χ1v) is 6.02. The average Bonchev–Trinajstić information content (AvgIpc) is 2.84. The molecule has 0 spiro atoms. The van der Waals surface area contributed by atoms with E-state index in [-0.39, 0.29) is 5.82 Å². The number of halogens is 1. The molecule has 0 radical (unpaired) electrons. The largest absolute Gasteiger partial charge is 0.489 e. The summed E-state index contributed by atoms with van der Waals surface area (Å²) in [6.45, 7) is 3.87. The fraction of sp³-hybridized carbons (Fsp3) is 0.538. The first kappa shape index (κ1) is 12.3. The lowest BCUT2D eigenvalue weighted by Crippen LogP contribution is -2.27. The Morgan fingerprint density at radius 3 is 3.06 bits per heavy atom. The normalized spacial score (nSPS) is 19.5. The van der Waals surface area contributed by atoms with Gasteiger partial charge < -0.3 is 14.8 Å². The molecule has 17 heavy (non-hydrogen) atoms. The number of nitrogens with one attached hydrogen (secondary N) is 1. The van der Waals surface area contributed by atoms with Gasteiger partial charge in [-0.05, 0) is 24.5 Å². The Labute approximate surface area is 101 Å². The molecule has 0 aromatic heterocycles. The molecule has 1 heterocycles. The van der Waals surface area contributed by atoms with Crippen molar-refractivity contribution in [2.24, 2.45) is 5.92 Å². The van der Waals surface area contributed by atoms with Gasteiger partial charge in [0.25, 0.3) is 0 Å². The number of ether oxygens (including phenoxy) is 2. The SMILES string of the molecule is Fc1ccccc1OCCNCC1CCOC1. The van der Waals surface area contributed by atoms with Gasteiger partial charge in [0.05, 0.1) is 6.61 Å². The molecule has 0 aliphatic carbocycles. The summed E-state index contributed by atoms with van der Waals surface area (Å²) in [7, 11) is 0. The monoisotopic (exact) mass is 239 g/mol. The summed E-state index contributed by atoms with van der Waals surface area (Å²) < 4.78 is 23.8. The van der Waals surface area contributed by atoms with Crippen LogP contribution >= 0.6 is 0 Å². The highest BCUT2D eigenvalue weighted by molar-refractivity contribution is 5.23. The van der Waals surface area contributed by atoms with Gasteiger partial charge in [0, 0.05) is 19.7 Å². The van der Waals surface area contributed by atoms with Crippen LogP contribution < -0.4 is 10.1 Å². The maximum atomic E-state index is 13.2. The van der Waals surface area contributed by atoms with Crippen molar-refractivity contribution in [3.05, 3.63) is 30.1 Å². The second kappa shape index (κ2) is 6.57. The van der Waals surface area contributed by atoms with Crippen LogP contribution in [0.25, 0.3) is 0 Å². The molecule has 1 aromatic carbocycles. The van der Waals surface area contributed by atoms with Crippen LogP contribution in [-0.4, -0.2) is 32.9 Å². The van der Waals surface area contributed by atoms with Gasteiger partial charge in [-0.2, -0.15) is 0 Å². The van der Waals surface area contributed by atoms with Crippen molar-refractivity contribution < 1.29 is 13.9 Å². The number of para-hydroxylation sites is 1. The minimum absolute atomic E-state index is 0.309. The lowest BCUT2D eigenvalue weighted by molar-refractivity contribution is 0.184. The average molecular weight is 239 g/mol. The number of benzene rings is 1. The van der Waals surface area contributed by atoms with Gasteiger partial charge in [-0.3, -0.25) is 0 Å². The van der Waals surface area contributed by atoms with Gasteiger partial charge in [-0.25, -0.2) is 4.39 Å². The maximum Gasteiger partial charge on any atom is 0.165 e. The Hall–Kier alpha value is -1.13. The van der Waals surface area contributed by atoms with Gasteiger partial charge in [-0.15, -0.1) is 0 Å². The lowest BCUT2D eigenvalue weighted by Gasteiger charge is -2.10. The summed E-state index contributed by atoms with van der Waals surface area (Å²) in [5.41, 5.74) is 0. The number of rotatable bonds is 6. The maximum absolute atomic E-state index is 13.2. The van der Waals surface area contributed by atoms with E-state index in [4.69, 9.17) is 9.47 Å². The van der Waals surface area contributed by atoms with E-state index in [2.05, 4.69) is 5.32 Å². The summed E-state index contributed by atoms with van der Waals surface area (Å²) in [6, 6.07) is 6.46. The van der Waals surface area contributed by atoms with E-state index in [0.717, 1.165) is 32.7 Å². The minimum atomic E-state index is -0.309.